The van der Waals surface area contributed by atoms with Crippen molar-refractivity contribution >= 4 is 27.5 Å². The van der Waals surface area contributed by atoms with Crippen LogP contribution in [-0.2, 0) is 21.4 Å². The van der Waals surface area contributed by atoms with E-state index in [1.165, 1.54) is 16.4 Å². The number of hydrogen-bond donors (Lipinski definition) is 2. The lowest BCUT2D eigenvalue weighted by molar-refractivity contribution is -0.124. The SMILES string of the molecule is CC(CO)c1ccc(CN([C@@H]2CCCC[C@@H]2C(N)=O)S(=O)(=O)c2ccc(Cl)cc2)cc1. The Morgan fingerprint density at radius 3 is 2.32 bits per heavy atom. The minimum Gasteiger partial charge on any atom is -0.396 e. The Labute approximate surface area is 189 Å². The Bertz CT molecular complexity index is 993. The monoisotopic (exact) mass is 464 g/mol. The number of aliphatic hydroxyl groups is 1. The zero-order valence-corrected chi connectivity index (χ0v) is 19.1. The van der Waals surface area contributed by atoms with Crippen LogP contribution in [0.25, 0.3) is 0 Å². The van der Waals surface area contributed by atoms with E-state index in [-0.39, 0.29) is 24.0 Å². The van der Waals surface area contributed by atoms with Crippen molar-refractivity contribution in [2.75, 3.05) is 6.61 Å². The fourth-order valence-corrected chi connectivity index (χ4v) is 5.95. The van der Waals surface area contributed by atoms with E-state index < -0.39 is 27.9 Å². The lowest BCUT2D eigenvalue weighted by atomic mass is 9.84. The molecule has 0 heterocycles. The molecule has 3 N–H and O–H groups in total. The highest BCUT2D eigenvalue weighted by atomic mass is 35.5. The number of nitrogens with two attached hydrogens (primary N) is 1. The lowest BCUT2D eigenvalue weighted by Gasteiger charge is -2.38. The molecular formula is C23H29ClN2O4S. The van der Waals surface area contributed by atoms with Crippen molar-refractivity contribution < 1.29 is 18.3 Å². The van der Waals surface area contributed by atoms with Crippen LogP contribution < -0.4 is 5.73 Å². The van der Waals surface area contributed by atoms with E-state index in [1.807, 2.05) is 31.2 Å². The number of amides is 1. The van der Waals surface area contributed by atoms with E-state index in [2.05, 4.69) is 0 Å². The molecule has 0 saturated heterocycles. The van der Waals surface area contributed by atoms with Crippen molar-refractivity contribution in [2.24, 2.45) is 11.7 Å². The minimum absolute atomic E-state index is 0.000500. The first-order valence-electron chi connectivity index (χ1n) is 10.5. The van der Waals surface area contributed by atoms with Crippen molar-refractivity contribution in [1.29, 1.82) is 0 Å². The van der Waals surface area contributed by atoms with Crippen LogP contribution in [0.2, 0.25) is 5.02 Å². The molecule has 1 aliphatic rings. The van der Waals surface area contributed by atoms with Gasteiger partial charge in [0.2, 0.25) is 15.9 Å². The molecule has 1 fully saturated rings. The summed E-state index contributed by atoms with van der Waals surface area (Å²) in [7, 11) is -3.89. The number of primary amides is 1. The summed E-state index contributed by atoms with van der Waals surface area (Å²) in [4.78, 5) is 12.3. The molecule has 8 heteroatoms. The van der Waals surface area contributed by atoms with E-state index in [9.17, 15) is 18.3 Å². The van der Waals surface area contributed by atoms with Crippen molar-refractivity contribution in [3.8, 4) is 0 Å². The van der Waals surface area contributed by atoms with Gasteiger partial charge >= 0.3 is 0 Å². The van der Waals surface area contributed by atoms with Crippen molar-refractivity contribution in [3.63, 3.8) is 0 Å². The first-order chi connectivity index (χ1) is 14.7. The van der Waals surface area contributed by atoms with Crippen LogP contribution in [0.1, 0.15) is 49.7 Å². The van der Waals surface area contributed by atoms with Crippen LogP contribution >= 0.6 is 11.6 Å². The number of hydrogen-bond acceptors (Lipinski definition) is 4. The fourth-order valence-electron chi connectivity index (χ4n) is 4.15. The molecule has 0 radical (unpaired) electrons. The van der Waals surface area contributed by atoms with Gasteiger partial charge in [-0.2, -0.15) is 4.31 Å². The average molecular weight is 465 g/mol. The Balaban J connectivity index is 1.99. The van der Waals surface area contributed by atoms with Gasteiger partial charge in [0.1, 0.15) is 0 Å². The molecule has 0 bridgehead atoms. The normalized spacial score (nSPS) is 20.5. The van der Waals surface area contributed by atoms with Crippen molar-refractivity contribution in [1.82, 2.24) is 4.31 Å². The number of carbonyl (C=O) groups excluding carboxylic acids is 1. The summed E-state index contributed by atoms with van der Waals surface area (Å²) in [6.45, 7) is 2.10. The largest absolute Gasteiger partial charge is 0.396 e. The molecule has 168 valence electrons. The van der Waals surface area contributed by atoms with Crippen LogP contribution in [0.5, 0.6) is 0 Å². The fraction of sp³-hybridized carbons (Fsp3) is 0.435. The number of rotatable bonds is 8. The first kappa shape index (κ1) is 23.7. The molecule has 2 aromatic carbocycles. The molecular weight excluding hydrogens is 436 g/mol. The second-order valence-electron chi connectivity index (χ2n) is 8.19. The maximum atomic E-state index is 13.6. The minimum atomic E-state index is -3.89. The molecule has 2 aromatic rings. The van der Waals surface area contributed by atoms with Gasteiger partial charge in [0.05, 0.1) is 10.8 Å². The average Bonchev–Trinajstić information content (AvgIpc) is 2.77. The van der Waals surface area contributed by atoms with Gasteiger partial charge in [0.25, 0.3) is 0 Å². The van der Waals surface area contributed by atoms with E-state index in [0.717, 1.165) is 24.0 Å². The number of carbonyl (C=O) groups is 1. The smallest absolute Gasteiger partial charge is 0.243 e. The Kier molecular flexibility index (Phi) is 7.75. The zero-order chi connectivity index (χ0) is 22.6. The topological polar surface area (TPSA) is 101 Å². The van der Waals surface area contributed by atoms with Gasteiger partial charge in [0.15, 0.2) is 0 Å². The summed E-state index contributed by atoms with van der Waals surface area (Å²) in [6.07, 6.45) is 2.86. The van der Waals surface area contributed by atoms with Crippen LogP contribution in [-0.4, -0.2) is 36.4 Å². The second kappa shape index (κ2) is 10.1. The molecule has 1 aliphatic carbocycles. The molecule has 1 amide bonds. The summed E-state index contributed by atoms with van der Waals surface area (Å²) in [5.41, 5.74) is 7.44. The van der Waals surface area contributed by atoms with E-state index in [1.54, 1.807) is 12.1 Å². The van der Waals surface area contributed by atoms with Gasteiger partial charge in [-0.15, -0.1) is 0 Å². The summed E-state index contributed by atoms with van der Waals surface area (Å²) in [6, 6.07) is 13.1. The van der Waals surface area contributed by atoms with Crippen LogP contribution in [0.3, 0.4) is 0 Å². The third-order valence-electron chi connectivity index (χ3n) is 6.05. The number of benzene rings is 2. The van der Waals surface area contributed by atoms with Gasteiger partial charge < -0.3 is 10.8 Å². The quantitative estimate of drug-likeness (QED) is 0.622. The third kappa shape index (κ3) is 5.47. The molecule has 0 spiro atoms. The van der Waals surface area contributed by atoms with Crippen LogP contribution in [0, 0.1) is 5.92 Å². The number of halogens is 1. The molecule has 1 unspecified atom stereocenters. The summed E-state index contributed by atoms with van der Waals surface area (Å²) >= 11 is 5.95. The van der Waals surface area contributed by atoms with Gasteiger partial charge in [-0.1, -0.05) is 55.6 Å². The highest BCUT2D eigenvalue weighted by molar-refractivity contribution is 7.89. The summed E-state index contributed by atoms with van der Waals surface area (Å²) < 4.78 is 28.7. The Morgan fingerprint density at radius 2 is 1.74 bits per heavy atom. The Morgan fingerprint density at radius 1 is 1.13 bits per heavy atom. The predicted octanol–water partition coefficient (Wildman–Crippen LogP) is 3.67. The predicted molar refractivity (Wildman–Crippen MR) is 121 cm³/mol. The summed E-state index contributed by atoms with van der Waals surface area (Å²) in [5.74, 6) is -0.988. The van der Waals surface area contributed by atoms with Crippen LogP contribution in [0.4, 0.5) is 0 Å². The molecule has 1 saturated carbocycles. The molecule has 3 rings (SSSR count). The van der Waals surface area contributed by atoms with Gasteiger partial charge in [-0.3, -0.25) is 4.79 Å². The molecule has 31 heavy (non-hydrogen) atoms. The number of aliphatic hydroxyl groups excluding tert-OH is 1. The van der Waals surface area contributed by atoms with Gasteiger partial charge in [-0.25, -0.2) is 8.42 Å². The van der Waals surface area contributed by atoms with Gasteiger partial charge in [0, 0.05) is 30.1 Å². The maximum Gasteiger partial charge on any atom is 0.243 e. The molecule has 0 aliphatic heterocycles. The maximum absolute atomic E-state index is 13.6. The Hall–Kier alpha value is -1.93. The lowest BCUT2D eigenvalue weighted by Crippen LogP contribution is -2.49. The standard InChI is InChI=1S/C23H29ClN2O4S/c1-16(15-27)18-8-6-17(7-9-18)14-26(22-5-3-2-4-21(22)23(25)28)31(29,30)20-12-10-19(24)11-13-20/h6-13,16,21-22,27H,2-5,14-15H2,1H3,(H2,25,28)/t16?,21-,22+/m0/s1. The number of sulfonamides is 1. The van der Waals surface area contributed by atoms with Gasteiger partial charge in [-0.05, 0) is 48.2 Å². The van der Waals surface area contributed by atoms with E-state index in [0.29, 0.717) is 17.9 Å². The molecule has 0 aromatic heterocycles. The second-order valence-corrected chi connectivity index (χ2v) is 10.5. The van der Waals surface area contributed by atoms with Crippen molar-refractivity contribution in [3.05, 3.63) is 64.7 Å². The van der Waals surface area contributed by atoms with E-state index >= 15 is 0 Å². The zero-order valence-electron chi connectivity index (χ0n) is 17.6. The molecule has 3 atom stereocenters. The number of nitrogens with zero attached hydrogens (tertiary/aromatic N) is 1. The summed E-state index contributed by atoms with van der Waals surface area (Å²) in [5, 5.41) is 9.82. The third-order valence-corrected chi connectivity index (χ3v) is 8.18. The van der Waals surface area contributed by atoms with E-state index in [4.69, 9.17) is 17.3 Å². The first-order valence-corrected chi connectivity index (χ1v) is 12.3. The van der Waals surface area contributed by atoms with Crippen LogP contribution in [0.15, 0.2) is 53.4 Å². The highest BCUT2D eigenvalue weighted by Gasteiger charge is 2.40. The van der Waals surface area contributed by atoms with Crippen molar-refractivity contribution in [2.45, 2.75) is 56.0 Å². The molecule has 6 nitrogen and oxygen atoms in total. The highest BCUT2D eigenvalue weighted by Crippen LogP contribution is 2.34.